The summed E-state index contributed by atoms with van der Waals surface area (Å²) in [5, 5.41) is 0.962. The Bertz CT molecular complexity index is 1350. The first-order valence-electron chi connectivity index (χ1n) is 15.6. The van der Waals surface area contributed by atoms with Crippen molar-refractivity contribution in [3.05, 3.63) is 48.0 Å². The predicted molar refractivity (Wildman–Crippen MR) is 161 cm³/mol. The van der Waals surface area contributed by atoms with Crippen LogP contribution in [0.15, 0.2) is 42.5 Å². The number of nitrogens with one attached hydrogen (secondary N) is 1. The molecule has 0 aliphatic carbocycles. The molecule has 1 aromatic carbocycles. The fraction of sp³-hybridized carbons (Fsp3) is 0.545. The summed E-state index contributed by atoms with van der Waals surface area (Å²) in [5.41, 5.74) is 1.82. The Labute approximate surface area is 262 Å². The molecule has 1 fully saturated rings. The predicted octanol–water partition coefficient (Wildman–Crippen LogP) is 5.32. The van der Waals surface area contributed by atoms with Crippen molar-refractivity contribution in [1.29, 1.82) is 0 Å². The fourth-order valence-electron chi connectivity index (χ4n) is 4.70. The van der Waals surface area contributed by atoms with Gasteiger partial charge in [0.05, 0.1) is 0 Å². The van der Waals surface area contributed by atoms with E-state index in [1.165, 1.54) is 0 Å². The van der Waals surface area contributed by atoms with Crippen molar-refractivity contribution in [1.82, 2.24) is 4.98 Å². The van der Waals surface area contributed by atoms with Crippen molar-refractivity contribution in [2.45, 2.75) is 117 Å². The molecule has 1 N–H and O–H groups in total. The summed E-state index contributed by atoms with van der Waals surface area (Å²) < 4.78 is 33.9. The number of rotatable bonds is 16. The van der Waals surface area contributed by atoms with Gasteiger partial charge in [-0.2, -0.15) is 0 Å². The molecule has 12 nitrogen and oxygen atoms in total. The zero-order valence-electron chi connectivity index (χ0n) is 26.3. The monoisotopic (exact) mass is 629 g/mol. The highest BCUT2D eigenvalue weighted by molar-refractivity contribution is 5.83. The Morgan fingerprint density at radius 1 is 0.711 bits per heavy atom. The lowest BCUT2D eigenvalue weighted by Crippen LogP contribution is -2.57. The molecule has 0 spiro atoms. The van der Waals surface area contributed by atoms with Gasteiger partial charge < -0.3 is 33.4 Å². The van der Waals surface area contributed by atoms with Crippen LogP contribution in [0.25, 0.3) is 10.9 Å². The van der Waals surface area contributed by atoms with Crippen LogP contribution in [0.1, 0.15) is 91.0 Å². The van der Waals surface area contributed by atoms with E-state index in [0.29, 0.717) is 32.1 Å². The lowest BCUT2D eigenvalue weighted by molar-refractivity contribution is -0.257. The SMILES string of the molecule is CCCC(=O)O/C=C1\O[C@@H](OC(=O)CCc2c[nH]c3ccccc23)[C@H](OC(=O)CCC)[C@@H](OC(=O)CCC)[C@@H]1OC(=O)CCC. The molecule has 1 aliphatic heterocycles. The summed E-state index contributed by atoms with van der Waals surface area (Å²) in [4.78, 5) is 66.8. The van der Waals surface area contributed by atoms with Crippen LogP contribution in [-0.2, 0) is 58.8 Å². The molecule has 0 unspecified atom stereocenters. The first-order valence-corrected chi connectivity index (χ1v) is 15.6. The van der Waals surface area contributed by atoms with Gasteiger partial charge >= 0.3 is 29.8 Å². The number of esters is 5. The molecular formula is C33H43NO11. The molecule has 2 heterocycles. The summed E-state index contributed by atoms with van der Waals surface area (Å²) in [7, 11) is 0. The number of benzene rings is 1. The molecule has 12 heteroatoms. The number of hydrogen-bond donors (Lipinski definition) is 1. The van der Waals surface area contributed by atoms with Crippen molar-refractivity contribution < 1.29 is 52.4 Å². The number of carbonyl (C=O) groups is 5. The maximum atomic E-state index is 13.2. The lowest BCUT2D eigenvalue weighted by atomic mass is 10.0. The third kappa shape index (κ3) is 10.4. The van der Waals surface area contributed by atoms with E-state index >= 15 is 0 Å². The second kappa shape index (κ2) is 17.8. The highest BCUT2D eigenvalue weighted by Gasteiger charge is 2.52. The summed E-state index contributed by atoms with van der Waals surface area (Å²) >= 11 is 0. The molecule has 0 amide bonds. The molecule has 45 heavy (non-hydrogen) atoms. The second-order valence-electron chi connectivity index (χ2n) is 10.7. The minimum Gasteiger partial charge on any atom is -0.454 e. The minimum atomic E-state index is -1.61. The van der Waals surface area contributed by atoms with Crippen molar-refractivity contribution in [3.8, 4) is 0 Å². The van der Waals surface area contributed by atoms with Crippen LogP contribution in [0.5, 0.6) is 0 Å². The molecule has 0 bridgehead atoms. The van der Waals surface area contributed by atoms with E-state index in [2.05, 4.69) is 4.98 Å². The Kier molecular flexibility index (Phi) is 13.9. The van der Waals surface area contributed by atoms with E-state index in [1.807, 2.05) is 30.5 Å². The Hall–Kier alpha value is -4.35. The maximum Gasteiger partial charge on any atom is 0.310 e. The molecular weight excluding hydrogens is 586 g/mol. The smallest absolute Gasteiger partial charge is 0.310 e. The maximum absolute atomic E-state index is 13.2. The average molecular weight is 630 g/mol. The van der Waals surface area contributed by atoms with E-state index < -0.39 is 54.4 Å². The number of aromatic nitrogens is 1. The lowest BCUT2D eigenvalue weighted by Gasteiger charge is -2.41. The Morgan fingerprint density at radius 2 is 1.27 bits per heavy atom. The van der Waals surface area contributed by atoms with E-state index in [9.17, 15) is 24.0 Å². The van der Waals surface area contributed by atoms with Crippen LogP contribution < -0.4 is 0 Å². The fourth-order valence-corrected chi connectivity index (χ4v) is 4.70. The van der Waals surface area contributed by atoms with Crippen molar-refractivity contribution in [2.75, 3.05) is 0 Å². The number of hydrogen-bond acceptors (Lipinski definition) is 11. The van der Waals surface area contributed by atoms with Gasteiger partial charge in [-0.05, 0) is 43.7 Å². The molecule has 0 saturated carbocycles. The van der Waals surface area contributed by atoms with E-state index in [-0.39, 0.29) is 37.9 Å². The Morgan fingerprint density at radius 3 is 1.91 bits per heavy atom. The number of para-hydroxylation sites is 1. The molecule has 4 atom stereocenters. The van der Waals surface area contributed by atoms with Gasteiger partial charge in [0.15, 0.2) is 11.9 Å². The van der Waals surface area contributed by atoms with Crippen molar-refractivity contribution in [2.24, 2.45) is 0 Å². The van der Waals surface area contributed by atoms with Crippen LogP contribution in [0, 0.1) is 0 Å². The number of ether oxygens (including phenoxy) is 6. The topological polar surface area (TPSA) is 157 Å². The minimum absolute atomic E-state index is 0.0161. The number of aryl methyl sites for hydroxylation is 1. The van der Waals surface area contributed by atoms with Gasteiger partial charge in [0.25, 0.3) is 6.29 Å². The van der Waals surface area contributed by atoms with Crippen LogP contribution in [-0.4, -0.2) is 59.4 Å². The third-order valence-corrected chi connectivity index (χ3v) is 6.86. The van der Waals surface area contributed by atoms with Gasteiger partial charge in [0.2, 0.25) is 12.2 Å². The zero-order valence-corrected chi connectivity index (χ0v) is 26.3. The van der Waals surface area contributed by atoms with Gasteiger partial charge in [0, 0.05) is 49.2 Å². The van der Waals surface area contributed by atoms with Crippen LogP contribution >= 0.6 is 0 Å². The van der Waals surface area contributed by atoms with Crippen molar-refractivity contribution >= 4 is 40.7 Å². The van der Waals surface area contributed by atoms with Gasteiger partial charge in [-0.1, -0.05) is 45.9 Å². The van der Waals surface area contributed by atoms with E-state index in [1.54, 1.807) is 27.7 Å². The number of aromatic amines is 1. The third-order valence-electron chi connectivity index (χ3n) is 6.86. The molecule has 1 aromatic heterocycles. The number of H-pyrrole nitrogens is 1. The van der Waals surface area contributed by atoms with Gasteiger partial charge in [-0.15, -0.1) is 0 Å². The van der Waals surface area contributed by atoms with Crippen LogP contribution in [0.2, 0.25) is 0 Å². The standard InChI is InChI=1S/C33H43NO11/c1-5-11-25(35)40-20-24-30(42-26(36)12-6-2)31(43-27(37)13-7-3)32(44-28(38)14-8-4)33(41-24)45-29(39)18-17-21-19-34-23-16-10-9-15-22(21)23/h9-10,15-16,19-20,30-34H,5-8,11-14,17-18H2,1-4H3/b24-20-/t30-,31+,32-,33+/m1/s1. The zero-order chi connectivity index (χ0) is 32.8. The van der Waals surface area contributed by atoms with E-state index in [0.717, 1.165) is 22.7 Å². The van der Waals surface area contributed by atoms with Crippen LogP contribution in [0.3, 0.4) is 0 Å². The molecule has 1 aliphatic rings. The molecule has 246 valence electrons. The normalized spacial score (nSPS) is 20.2. The number of fused-ring (bicyclic) bond motifs is 1. The van der Waals surface area contributed by atoms with Gasteiger partial charge in [-0.25, -0.2) is 0 Å². The summed E-state index contributed by atoms with van der Waals surface area (Å²) in [5.74, 6) is -3.50. The molecule has 1 saturated heterocycles. The quantitative estimate of drug-likeness (QED) is 0.146. The van der Waals surface area contributed by atoms with Gasteiger partial charge in [0.1, 0.15) is 6.26 Å². The van der Waals surface area contributed by atoms with Gasteiger partial charge in [-0.3, -0.25) is 24.0 Å². The summed E-state index contributed by atoms with van der Waals surface area (Å²) in [6.45, 7) is 7.13. The summed E-state index contributed by atoms with van der Waals surface area (Å²) in [6.07, 6.45) is -0.961. The highest BCUT2D eigenvalue weighted by Crippen LogP contribution is 2.33. The molecule has 0 radical (unpaired) electrons. The van der Waals surface area contributed by atoms with Crippen LogP contribution in [0.4, 0.5) is 0 Å². The highest BCUT2D eigenvalue weighted by atomic mass is 16.7. The average Bonchev–Trinajstić information content (AvgIpc) is 3.41. The van der Waals surface area contributed by atoms with E-state index in [4.69, 9.17) is 28.4 Å². The second-order valence-corrected chi connectivity index (χ2v) is 10.7. The largest absolute Gasteiger partial charge is 0.454 e. The first-order chi connectivity index (χ1) is 21.7. The Balaban J connectivity index is 1.96. The first kappa shape index (κ1) is 35.1. The molecule has 3 rings (SSSR count). The number of carbonyl (C=O) groups excluding carboxylic acids is 5. The van der Waals surface area contributed by atoms with Crippen molar-refractivity contribution in [3.63, 3.8) is 0 Å². The molecule has 2 aromatic rings. The summed E-state index contributed by atoms with van der Waals surface area (Å²) in [6, 6.07) is 7.66.